The van der Waals surface area contributed by atoms with E-state index in [2.05, 4.69) is 15.2 Å². The van der Waals surface area contributed by atoms with E-state index in [0.717, 1.165) is 53.1 Å². The zero-order chi connectivity index (χ0) is 21.2. The van der Waals surface area contributed by atoms with Crippen LogP contribution in [0.5, 0.6) is 23.0 Å². The summed E-state index contributed by atoms with van der Waals surface area (Å²) in [6.07, 6.45) is 0.832. The molecule has 0 aromatic heterocycles. The molecule has 0 amide bonds. The zero-order valence-electron chi connectivity index (χ0n) is 18.1. The maximum Gasteiger partial charge on any atom is 0.193 e. The van der Waals surface area contributed by atoms with Crippen LogP contribution in [0.15, 0.2) is 41.4 Å². The summed E-state index contributed by atoms with van der Waals surface area (Å²) in [5.74, 6) is 3.83. The number of guanidine groups is 1. The molecule has 0 saturated heterocycles. The molecule has 2 aromatic carbocycles. The Kier molecular flexibility index (Phi) is 8.45. The van der Waals surface area contributed by atoms with Crippen molar-refractivity contribution in [2.24, 2.45) is 4.99 Å². The smallest absolute Gasteiger partial charge is 0.193 e. The van der Waals surface area contributed by atoms with Gasteiger partial charge in [-0.2, -0.15) is 0 Å². The number of hydrogen-bond acceptors (Lipinski definition) is 5. The Balaban J connectivity index is 1.96. The summed E-state index contributed by atoms with van der Waals surface area (Å²) in [5.41, 5.74) is 2.21. The third kappa shape index (κ3) is 5.94. The minimum Gasteiger partial charge on any atom is -0.497 e. The van der Waals surface area contributed by atoms with Crippen LogP contribution in [-0.2, 0) is 13.0 Å². The lowest BCUT2D eigenvalue weighted by Gasteiger charge is -2.23. The van der Waals surface area contributed by atoms with Crippen molar-refractivity contribution >= 4 is 5.96 Å². The highest BCUT2D eigenvalue weighted by Gasteiger charge is 2.11. The average Bonchev–Trinajstić information content (AvgIpc) is 2.76. The van der Waals surface area contributed by atoms with Gasteiger partial charge in [0, 0.05) is 38.8 Å². The number of nitrogens with one attached hydrogen (secondary N) is 1. The van der Waals surface area contributed by atoms with Crippen LogP contribution in [0.25, 0.3) is 0 Å². The molecule has 0 bridgehead atoms. The molecule has 7 nitrogen and oxygen atoms in total. The van der Waals surface area contributed by atoms with Crippen molar-refractivity contribution < 1.29 is 18.9 Å². The van der Waals surface area contributed by atoms with E-state index in [0.29, 0.717) is 6.54 Å². The van der Waals surface area contributed by atoms with Crippen LogP contribution in [0.3, 0.4) is 0 Å². The molecular formula is C22H31N3O4. The number of ether oxygens (including phenoxy) is 4. The normalized spacial score (nSPS) is 11.0. The predicted molar refractivity (Wildman–Crippen MR) is 116 cm³/mol. The fourth-order valence-corrected chi connectivity index (χ4v) is 3.05. The molecule has 1 N–H and O–H groups in total. The first-order valence-electron chi connectivity index (χ1n) is 9.39. The van der Waals surface area contributed by atoms with Gasteiger partial charge in [-0.05, 0) is 36.2 Å². The number of aliphatic imine (C=N–C) groups is 1. The Morgan fingerprint density at radius 2 is 1.62 bits per heavy atom. The number of benzene rings is 2. The maximum absolute atomic E-state index is 5.49. The van der Waals surface area contributed by atoms with Gasteiger partial charge in [0.25, 0.3) is 0 Å². The van der Waals surface area contributed by atoms with Gasteiger partial charge < -0.3 is 29.2 Å². The van der Waals surface area contributed by atoms with Crippen molar-refractivity contribution in [2.45, 2.75) is 13.0 Å². The first-order chi connectivity index (χ1) is 14.1. The van der Waals surface area contributed by atoms with Crippen LogP contribution < -0.4 is 24.3 Å². The molecule has 0 heterocycles. The molecule has 0 atom stereocenters. The van der Waals surface area contributed by atoms with Gasteiger partial charge >= 0.3 is 0 Å². The van der Waals surface area contributed by atoms with Crippen LogP contribution in [0, 0.1) is 0 Å². The predicted octanol–water partition coefficient (Wildman–Crippen LogP) is 2.97. The summed E-state index contributed by atoms with van der Waals surface area (Å²) in [7, 11) is 10.4. The first kappa shape index (κ1) is 22.2. The van der Waals surface area contributed by atoms with Crippen LogP contribution in [-0.4, -0.2) is 59.9 Å². The molecule has 2 rings (SSSR count). The van der Waals surface area contributed by atoms with Crippen LogP contribution in [0.4, 0.5) is 0 Å². The quantitative estimate of drug-likeness (QED) is 0.515. The molecule has 0 spiro atoms. The van der Waals surface area contributed by atoms with Crippen LogP contribution >= 0.6 is 0 Å². The topological polar surface area (TPSA) is 64.6 Å². The van der Waals surface area contributed by atoms with Gasteiger partial charge in [-0.1, -0.05) is 6.07 Å². The van der Waals surface area contributed by atoms with Gasteiger partial charge in [0.2, 0.25) is 0 Å². The molecule has 0 aliphatic carbocycles. The standard InChI is InChI=1S/C22H31N3O4/c1-23-22(24-12-11-16-7-10-19(27-4)21(13-16)29-6)25(2)15-17-8-9-18(26-3)14-20(17)28-5/h7-10,13-14H,11-12,15H2,1-6H3,(H,23,24). The molecule has 2 aromatic rings. The van der Waals surface area contributed by atoms with Crippen molar-refractivity contribution in [3.05, 3.63) is 47.5 Å². The summed E-state index contributed by atoms with van der Waals surface area (Å²) in [6, 6.07) is 11.8. The largest absolute Gasteiger partial charge is 0.497 e. The molecular weight excluding hydrogens is 370 g/mol. The fraction of sp³-hybridized carbons (Fsp3) is 0.409. The summed E-state index contributed by atoms with van der Waals surface area (Å²) in [5, 5.41) is 3.40. The summed E-state index contributed by atoms with van der Waals surface area (Å²) in [4.78, 5) is 6.44. The van der Waals surface area contributed by atoms with Crippen molar-refractivity contribution in [3.8, 4) is 23.0 Å². The van der Waals surface area contributed by atoms with E-state index in [1.807, 2.05) is 43.4 Å². The average molecular weight is 402 g/mol. The van der Waals surface area contributed by atoms with Gasteiger partial charge in [-0.15, -0.1) is 0 Å². The summed E-state index contributed by atoms with van der Waals surface area (Å²) in [6.45, 7) is 1.40. The molecule has 29 heavy (non-hydrogen) atoms. The molecule has 0 radical (unpaired) electrons. The Bertz CT molecular complexity index is 824. The lowest BCUT2D eigenvalue weighted by atomic mass is 10.1. The molecule has 0 aliphatic rings. The highest BCUT2D eigenvalue weighted by Crippen LogP contribution is 2.28. The third-order valence-electron chi connectivity index (χ3n) is 4.62. The van der Waals surface area contributed by atoms with E-state index in [9.17, 15) is 0 Å². The number of rotatable bonds is 9. The Labute approximate surface area is 173 Å². The second kappa shape index (κ2) is 11.0. The van der Waals surface area contributed by atoms with Gasteiger partial charge in [0.15, 0.2) is 17.5 Å². The lowest BCUT2D eigenvalue weighted by Crippen LogP contribution is -2.39. The van der Waals surface area contributed by atoms with Crippen LogP contribution in [0.2, 0.25) is 0 Å². The fourth-order valence-electron chi connectivity index (χ4n) is 3.05. The zero-order valence-corrected chi connectivity index (χ0v) is 18.1. The SMILES string of the molecule is CN=C(NCCc1ccc(OC)c(OC)c1)N(C)Cc1ccc(OC)cc1OC. The van der Waals surface area contributed by atoms with E-state index < -0.39 is 0 Å². The highest BCUT2D eigenvalue weighted by atomic mass is 16.5. The van der Waals surface area contributed by atoms with E-state index in [-0.39, 0.29) is 0 Å². The Hall–Kier alpha value is -3.09. The Morgan fingerprint density at radius 3 is 2.24 bits per heavy atom. The molecule has 0 fully saturated rings. The van der Waals surface area contributed by atoms with Crippen LogP contribution in [0.1, 0.15) is 11.1 Å². The molecule has 7 heteroatoms. The molecule has 0 unspecified atom stereocenters. The summed E-state index contributed by atoms with van der Waals surface area (Å²) < 4.78 is 21.4. The minimum absolute atomic E-state index is 0.656. The second-order valence-electron chi connectivity index (χ2n) is 6.45. The lowest BCUT2D eigenvalue weighted by molar-refractivity contribution is 0.354. The van der Waals surface area contributed by atoms with Gasteiger partial charge in [0.05, 0.1) is 28.4 Å². The Morgan fingerprint density at radius 1 is 0.897 bits per heavy atom. The van der Waals surface area contributed by atoms with Gasteiger partial charge in [-0.3, -0.25) is 4.99 Å². The maximum atomic E-state index is 5.49. The minimum atomic E-state index is 0.656. The number of hydrogen-bond donors (Lipinski definition) is 1. The van der Waals surface area contributed by atoms with E-state index in [1.165, 1.54) is 0 Å². The second-order valence-corrected chi connectivity index (χ2v) is 6.45. The summed E-state index contributed by atoms with van der Waals surface area (Å²) >= 11 is 0. The first-order valence-corrected chi connectivity index (χ1v) is 9.39. The molecule has 158 valence electrons. The van der Waals surface area contributed by atoms with Gasteiger partial charge in [0.1, 0.15) is 11.5 Å². The van der Waals surface area contributed by atoms with Crippen molar-refractivity contribution in [1.82, 2.24) is 10.2 Å². The van der Waals surface area contributed by atoms with Crippen molar-refractivity contribution in [2.75, 3.05) is 49.1 Å². The monoisotopic (exact) mass is 401 g/mol. The van der Waals surface area contributed by atoms with E-state index in [1.54, 1.807) is 35.5 Å². The molecule has 0 aliphatic heterocycles. The van der Waals surface area contributed by atoms with E-state index >= 15 is 0 Å². The highest BCUT2D eigenvalue weighted by molar-refractivity contribution is 5.79. The molecule has 0 saturated carbocycles. The van der Waals surface area contributed by atoms with E-state index in [4.69, 9.17) is 18.9 Å². The van der Waals surface area contributed by atoms with Gasteiger partial charge in [-0.25, -0.2) is 0 Å². The van der Waals surface area contributed by atoms with Crippen molar-refractivity contribution in [3.63, 3.8) is 0 Å². The number of nitrogens with zero attached hydrogens (tertiary/aromatic N) is 2. The third-order valence-corrected chi connectivity index (χ3v) is 4.62. The van der Waals surface area contributed by atoms with Crippen molar-refractivity contribution in [1.29, 1.82) is 0 Å². The number of methoxy groups -OCH3 is 4.